The smallest absolute Gasteiger partial charge is 0.248 e. The van der Waals surface area contributed by atoms with E-state index in [1.54, 1.807) is 6.07 Å². The van der Waals surface area contributed by atoms with Crippen molar-refractivity contribution >= 4 is 5.91 Å². The lowest BCUT2D eigenvalue weighted by Crippen LogP contribution is -2.22. The quantitative estimate of drug-likeness (QED) is 0.522. The minimum absolute atomic E-state index is 0.247. The number of hydrogen-bond acceptors (Lipinski definition) is 4. The second kappa shape index (κ2) is 4.88. The zero-order valence-corrected chi connectivity index (χ0v) is 8.00. The molecule has 0 bridgehead atoms. The average molecular weight is 211 g/mol. The Morgan fingerprint density at radius 2 is 2.07 bits per heavy atom. The van der Waals surface area contributed by atoms with Crippen LogP contribution in [0.15, 0.2) is 24.3 Å². The van der Waals surface area contributed by atoms with Gasteiger partial charge in [0, 0.05) is 5.56 Å². The first-order valence-corrected chi connectivity index (χ1v) is 4.43. The maximum absolute atomic E-state index is 10.8. The Bertz CT molecular complexity index is 353. The van der Waals surface area contributed by atoms with E-state index < -0.39 is 24.7 Å². The highest BCUT2D eigenvalue weighted by Gasteiger charge is 2.17. The second-order valence-corrected chi connectivity index (χ2v) is 3.18. The van der Waals surface area contributed by atoms with Crippen LogP contribution in [0.5, 0.6) is 0 Å². The fraction of sp³-hybridized carbons (Fsp3) is 0.300. The highest BCUT2D eigenvalue weighted by molar-refractivity contribution is 5.92. The average Bonchev–Trinajstić information content (AvgIpc) is 2.27. The van der Waals surface area contributed by atoms with E-state index in [1.807, 2.05) is 0 Å². The summed E-state index contributed by atoms with van der Waals surface area (Å²) in [6.07, 6.45) is -2.50. The Morgan fingerprint density at radius 3 is 2.60 bits per heavy atom. The van der Waals surface area contributed by atoms with Gasteiger partial charge in [0.15, 0.2) is 0 Å². The molecule has 1 aromatic rings. The van der Waals surface area contributed by atoms with Crippen LogP contribution in [0, 0.1) is 0 Å². The summed E-state index contributed by atoms with van der Waals surface area (Å²) >= 11 is 0. The van der Waals surface area contributed by atoms with Gasteiger partial charge >= 0.3 is 0 Å². The molecule has 5 N–H and O–H groups in total. The van der Waals surface area contributed by atoms with E-state index in [1.165, 1.54) is 18.2 Å². The molecule has 5 nitrogen and oxygen atoms in total. The molecule has 5 heteroatoms. The summed E-state index contributed by atoms with van der Waals surface area (Å²) in [6.45, 7) is -0.554. The van der Waals surface area contributed by atoms with Gasteiger partial charge in [-0.1, -0.05) is 12.1 Å². The van der Waals surface area contributed by atoms with Gasteiger partial charge in [-0.15, -0.1) is 0 Å². The van der Waals surface area contributed by atoms with Gasteiger partial charge in [-0.25, -0.2) is 0 Å². The highest BCUT2D eigenvalue weighted by Crippen LogP contribution is 2.17. The Labute approximate surface area is 86.8 Å². The second-order valence-electron chi connectivity index (χ2n) is 3.18. The normalized spacial score (nSPS) is 14.6. The third-order valence-electron chi connectivity index (χ3n) is 2.06. The molecule has 2 unspecified atom stereocenters. The van der Waals surface area contributed by atoms with Crippen molar-refractivity contribution < 1.29 is 20.1 Å². The number of carbonyl (C=O) groups excluding carboxylic acids is 1. The minimum Gasteiger partial charge on any atom is -0.394 e. The molecule has 0 radical (unpaired) electrons. The fourth-order valence-corrected chi connectivity index (χ4v) is 1.20. The lowest BCUT2D eigenvalue weighted by Gasteiger charge is -2.16. The van der Waals surface area contributed by atoms with E-state index in [0.717, 1.165) is 0 Å². The number of hydrogen-bond donors (Lipinski definition) is 4. The summed E-state index contributed by atoms with van der Waals surface area (Å²) in [5.74, 6) is -0.609. The monoisotopic (exact) mass is 211 g/mol. The van der Waals surface area contributed by atoms with E-state index in [-0.39, 0.29) is 5.56 Å². The maximum atomic E-state index is 10.8. The standard InChI is InChI=1S/C10H13NO4/c11-10(15)7-3-1-2-6(4-7)9(14)8(13)5-12/h1-4,8-9,12-14H,5H2,(H2,11,15). The molecular weight excluding hydrogens is 198 g/mol. The molecule has 0 fully saturated rings. The van der Waals surface area contributed by atoms with Crippen LogP contribution in [-0.2, 0) is 0 Å². The van der Waals surface area contributed by atoms with Gasteiger partial charge < -0.3 is 21.1 Å². The molecule has 1 aromatic carbocycles. The third-order valence-corrected chi connectivity index (χ3v) is 2.06. The largest absolute Gasteiger partial charge is 0.394 e. The van der Waals surface area contributed by atoms with Crippen LogP contribution in [0.25, 0.3) is 0 Å². The van der Waals surface area contributed by atoms with Crippen molar-refractivity contribution in [3.8, 4) is 0 Å². The highest BCUT2D eigenvalue weighted by atomic mass is 16.4. The van der Waals surface area contributed by atoms with Crippen LogP contribution in [0.3, 0.4) is 0 Å². The zero-order chi connectivity index (χ0) is 11.4. The van der Waals surface area contributed by atoms with Crippen molar-refractivity contribution in [2.24, 2.45) is 5.73 Å². The number of primary amides is 1. The first-order chi connectivity index (χ1) is 7.06. The van der Waals surface area contributed by atoms with Gasteiger partial charge in [0.2, 0.25) is 5.91 Å². The Balaban J connectivity index is 2.94. The van der Waals surface area contributed by atoms with E-state index in [2.05, 4.69) is 0 Å². The molecule has 15 heavy (non-hydrogen) atoms. The van der Waals surface area contributed by atoms with E-state index in [4.69, 9.17) is 10.8 Å². The molecule has 0 aliphatic carbocycles. The molecule has 1 rings (SSSR count). The van der Waals surface area contributed by atoms with Gasteiger partial charge in [0.1, 0.15) is 12.2 Å². The van der Waals surface area contributed by atoms with Crippen molar-refractivity contribution in [2.75, 3.05) is 6.61 Å². The summed E-state index contributed by atoms with van der Waals surface area (Å²) in [5.41, 5.74) is 5.65. The Morgan fingerprint density at radius 1 is 1.40 bits per heavy atom. The number of aliphatic hydroxyl groups is 3. The van der Waals surface area contributed by atoms with Crippen LogP contribution < -0.4 is 5.73 Å². The van der Waals surface area contributed by atoms with Crippen LogP contribution in [-0.4, -0.2) is 33.9 Å². The number of amides is 1. The first-order valence-electron chi connectivity index (χ1n) is 4.43. The zero-order valence-electron chi connectivity index (χ0n) is 8.00. The maximum Gasteiger partial charge on any atom is 0.248 e. The van der Waals surface area contributed by atoms with E-state index >= 15 is 0 Å². The minimum atomic E-state index is -1.27. The summed E-state index contributed by atoms with van der Waals surface area (Å²) in [6, 6.07) is 5.97. The van der Waals surface area contributed by atoms with Gasteiger partial charge in [0.25, 0.3) is 0 Å². The fourth-order valence-electron chi connectivity index (χ4n) is 1.20. The summed E-state index contributed by atoms with van der Waals surface area (Å²) in [5, 5.41) is 27.4. The molecular formula is C10H13NO4. The molecule has 0 heterocycles. The van der Waals surface area contributed by atoms with E-state index in [9.17, 15) is 15.0 Å². The molecule has 2 atom stereocenters. The van der Waals surface area contributed by atoms with Crippen molar-refractivity contribution in [1.29, 1.82) is 0 Å². The van der Waals surface area contributed by atoms with Crippen LogP contribution in [0.2, 0.25) is 0 Å². The molecule has 0 saturated heterocycles. The van der Waals surface area contributed by atoms with Crippen LogP contribution >= 0.6 is 0 Å². The van der Waals surface area contributed by atoms with Crippen LogP contribution in [0.1, 0.15) is 22.0 Å². The Kier molecular flexibility index (Phi) is 3.79. The van der Waals surface area contributed by atoms with Gasteiger partial charge in [-0.3, -0.25) is 4.79 Å². The molecule has 0 spiro atoms. The summed E-state index contributed by atoms with van der Waals surface area (Å²) < 4.78 is 0. The van der Waals surface area contributed by atoms with E-state index in [0.29, 0.717) is 5.56 Å². The molecule has 0 aromatic heterocycles. The molecule has 0 aliphatic heterocycles. The summed E-state index contributed by atoms with van der Waals surface area (Å²) in [7, 11) is 0. The SMILES string of the molecule is NC(=O)c1cccc(C(O)C(O)CO)c1. The topological polar surface area (TPSA) is 104 Å². The molecule has 0 aliphatic rings. The number of aliphatic hydroxyl groups excluding tert-OH is 3. The van der Waals surface area contributed by atoms with Crippen molar-refractivity contribution in [3.05, 3.63) is 35.4 Å². The molecule has 1 amide bonds. The number of nitrogens with two attached hydrogens (primary N) is 1. The third kappa shape index (κ3) is 2.76. The van der Waals surface area contributed by atoms with Gasteiger partial charge in [0.05, 0.1) is 6.61 Å². The lowest BCUT2D eigenvalue weighted by atomic mass is 10.0. The molecule has 82 valence electrons. The van der Waals surface area contributed by atoms with Gasteiger partial charge in [-0.05, 0) is 17.7 Å². The first kappa shape index (κ1) is 11.6. The predicted octanol–water partition coefficient (Wildman–Crippen LogP) is -0.828. The number of rotatable bonds is 4. The predicted molar refractivity (Wildman–Crippen MR) is 53.0 cm³/mol. The summed E-state index contributed by atoms with van der Waals surface area (Å²) in [4.78, 5) is 10.8. The van der Waals surface area contributed by atoms with Gasteiger partial charge in [-0.2, -0.15) is 0 Å². The number of carbonyl (C=O) groups is 1. The van der Waals surface area contributed by atoms with Crippen molar-refractivity contribution in [3.63, 3.8) is 0 Å². The lowest BCUT2D eigenvalue weighted by molar-refractivity contribution is -0.0152. The number of benzene rings is 1. The van der Waals surface area contributed by atoms with Crippen LogP contribution in [0.4, 0.5) is 0 Å². The Hall–Kier alpha value is -1.43. The molecule has 0 saturated carbocycles. The van der Waals surface area contributed by atoms with Crippen molar-refractivity contribution in [2.45, 2.75) is 12.2 Å². The van der Waals surface area contributed by atoms with Crippen molar-refractivity contribution in [1.82, 2.24) is 0 Å².